The SMILES string of the molecule is C=CC(=O)OCCOC(=O)c1ccc2c(c1)C(=O)N(C1CC(C)(C)N(CCO)C(C)(C)C1)C2=O. The summed E-state index contributed by atoms with van der Waals surface area (Å²) in [6.45, 7) is 11.8. The van der Waals surface area contributed by atoms with Crippen LogP contribution in [0.3, 0.4) is 0 Å². The quantitative estimate of drug-likeness (QED) is 0.265. The monoisotopic (exact) mass is 472 g/mol. The number of fused-ring (bicyclic) bond motifs is 1. The first-order valence-corrected chi connectivity index (χ1v) is 11.3. The highest BCUT2D eigenvalue weighted by molar-refractivity contribution is 6.22. The van der Waals surface area contributed by atoms with Crippen LogP contribution in [0.25, 0.3) is 0 Å². The third-order valence-corrected chi connectivity index (χ3v) is 6.50. The fraction of sp³-hybridized carbons (Fsp3) is 0.520. The Labute approximate surface area is 199 Å². The van der Waals surface area contributed by atoms with Crippen molar-refractivity contribution in [3.05, 3.63) is 47.5 Å². The number of carbonyl (C=O) groups excluding carboxylic acids is 4. The molecule has 1 fully saturated rings. The van der Waals surface area contributed by atoms with Crippen molar-refractivity contribution in [1.29, 1.82) is 0 Å². The number of benzene rings is 1. The molecular formula is C25H32N2O7. The molecule has 0 atom stereocenters. The van der Waals surface area contributed by atoms with E-state index >= 15 is 0 Å². The maximum Gasteiger partial charge on any atom is 0.338 e. The normalized spacial score (nSPS) is 19.6. The molecule has 2 aliphatic rings. The van der Waals surface area contributed by atoms with E-state index in [1.165, 1.54) is 23.1 Å². The van der Waals surface area contributed by atoms with Gasteiger partial charge in [-0.3, -0.25) is 19.4 Å². The predicted molar refractivity (Wildman–Crippen MR) is 123 cm³/mol. The van der Waals surface area contributed by atoms with Crippen LogP contribution in [0, 0.1) is 0 Å². The molecular weight excluding hydrogens is 440 g/mol. The molecule has 1 aromatic carbocycles. The van der Waals surface area contributed by atoms with Crippen LogP contribution in [-0.2, 0) is 14.3 Å². The van der Waals surface area contributed by atoms with Crippen molar-refractivity contribution in [2.75, 3.05) is 26.4 Å². The first-order chi connectivity index (χ1) is 15.9. The Morgan fingerprint density at radius 3 is 2.24 bits per heavy atom. The van der Waals surface area contributed by atoms with Crippen LogP contribution in [0.1, 0.15) is 71.6 Å². The lowest BCUT2D eigenvalue weighted by molar-refractivity contribution is -0.138. The van der Waals surface area contributed by atoms with Crippen LogP contribution in [0.2, 0.25) is 0 Å². The summed E-state index contributed by atoms with van der Waals surface area (Å²) in [5.41, 5.74) is -0.112. The summed E-state index contributed by atoms with van der Waals surface area (Å²) in [5, 5.41) is 9.51. The molecule has 184 valence electrons. The Hall–Kier alpha value is -3.04. The number of piperidine rings is 1. The van der Waals surface area contributed by atoms with Crippen molar-refractivity contribution in [2.45, 2.75) is 57.7 Å². The smallest absolute Gasteiger partial charge is 0.338 e. The molecule has 2 heterocycles. The van der Waals surface area contributed by atoms with Crippen molar-refractivity contribution in [3.63, 3.8) is 0 Å². The Balaban J connectivity index is 1.76. The second-order valence-electron chi connectivity index (χ2n) is 9.81. The summed E-state index contributed by atoms with van der Waals surface area (Å²) in [4.78, 5) is 53.5. The van der Waals surface area contributed by atoms with E-state index in [2.05, 4.69) is 39.2 Å². The van der Waals surface area contributed by atoms with E-state index in [9.17, 15) is 24.3 Å². The van der Waals surface area contributed by atoms with Gasteiger partial charge in [0.15, 0.2) is 0 Å². The second kappa shape index (κ2) is 9.68. The van der Waals surface area contributed by atoms with Gasteiger partial charge in [-0.05, 0) is 58.7 Å². The minimum atomic E-state index is -0.685. The number of esters is 2. The van der Waals surface area contributed by atoms with Crippen LogP contribution in [0.15, 0.2) is 30.9 Å². The van der Waals surface area contributed by atoms with Crippen LogP contribution in [0.4, 0.5) is 0 Å². The van der Waals surface area contributed by atoms with Gasteiger partial charge in [0.1, 0.15) is 13.2 Å². The van der Waals surface area contributed by atoms with E-state index in [4.69, 9.17) is 9.47 Å². The van der Waals surface area contributed by atoms with Crippen LogP contribution < -0.4 is 0 Å². The van der Waals surface area contributed by atoms with Gasteiger partial charge in [0.2, 0.25) is 0 Å². The van der Waals surface area contributed by atoms with Gasteiger partial charge in [-0.15, -0.1) is 0 Å². The zero-order valence-corrected chi connectivity index (χ0v) is 20.1. The summed E-state index contributed by atoms with van der Waals surface area (Å²) < 4.78 is 9.85. The number of β-amino-alcohol motifs (C(OH)–C–C–N with tert-alkyl or cyclic N) is 1. The second-order valence-corrected chi connectivity index (χ2v) is 9.81. The van der Waals surface area contributed by atoms with Gasteiger partial charge < -0.3 is 14.6 Å². The van der Waals surface area contributed by atoms with E-state index in [-0.39, 0.29) is 59.5 Å². The molecule has 1 N–H and O–H groups in total. The maximum absolute atomic E-state index is 13.3. The molecule has 1 aromatic rings. The van der Waals surface area contributed by atoms with Gasteiger partial charge in [0.05, 0.1) is 23.3 Å². The van der Waals surface area contributed by atoms with Gasteiger partial charge in [0.25, 0.3) is 11.8 Å². The average Bonchev–Trinajstić information content (AvgIpc) is 3.02. The molecule has 0 unspecified atom stereocenters. The Morgan fingerprint density at radius 2 is 1.65 bits per heavy atom. The van der Waals surface area contributed by atoms with Gasteiger partial charge in [0, 0.05) is 29.7 Å². The first-order valence-electron chi connectivity index (χ1n) is 11.3. The maximum atomic E-state index is 13.3. The highest BCUT2D eigenvalue weighted by Crippen LogP contribution is 2.42. The highest BCUT2D eigenvalue weighted by atomic mass is 16.6. The van der Waals surface area contributed by atoms with Gasteiger partial charge in [-0.25, -0.2) is 9.59 Å². The van der Waals surface area contributed by atoms with Crippen LogP contribution in [0.5, 0.6) is 0 Å². The molecule has 2 amide bonds. The van der Waals surface area contributed by atoms with E-state index < -0.39 is 17.8 Å². The minimum Gasteiger partial charge on any atom is -0.459 e. The lowest BCUT2D eigenvalue weighted by Gasteiger charge is -2.56. The number of carbonyl (C=O) groups is 4. The predicted octanol–water partition coefficient (Wildman–Crippen LogP) is 2.18. The highest BCUT2D eigenvalue weighted by Gasteiger charge is 2.50. The van der Waals surface area contributed by atoms with E-state index in [1.54, 1.807) is 0 Å². The standard InChI is InChI=1S/C25H32N2O7/c1-6-20(29)33-11-12-34-23(32)16-7-8-18-19(13-16)22(31)27(21(18)30)17-14-24(2,3)26(9-10-28)25(4,5)15-17/h6-8,13,17,28H,1,9-12,14-15H2,2-5H3. The molecule has 0 spiro atoms. The minimum absolute atomic E-state index is 0.0279. The van der Waals surface area contributed by atoms with E-state index in [0.717, 1.165) is 6.08 Å². The van der Waals surface area contributed by atoms with Crippen LogP contribution >= 0.6 is 0 Å². The summed E-state index contributed by atoms with van der Waals surface area (Å²) in [6, 6.07) is 3.98. The number of aliphatic hydroxyl groups excluding tert-OH is 1. The van der Waals surface area contributed by atoms with Gasteiger partial charge in [-0.2, -0.15) is 0 Å². The Kier molecular flexibility index (Phi) is 7.28. The number of aliphatic hydroxyl groups is 1. The van der Waals surface area contributed by atoms with Gasteiger partial charge >= 0.3 is 11.9 Å². The molecule has 2 aliphatic heterocycles. The fourth-order valence-electron chi connectivity index (χ4n) is 5.29. The van der Waals surface area contributed by atoms with Crippen molar-refractivity contribution in [3.8, 4) is 0 Å². The molecule has 0 radical (unpaired) electrons. The lowest BCUT2D eigenvalue weighted by atomic mass is 9.76. The third-order valence-electron chi connectivity index (χ3n) is 6.50. The van der Waals surface area contributed by atoms with E-state index in [0.29, 0.717) is 19.4 Å². The number of imide groups is 1. The molecule has 0 bridgehead atoms. The number of hydrogen-bond donors (Lipinski definition) is 1. The van der Waals surface area contributed by atoms with Crippen molar-refractivity contribution < 1.29 is 33.8 Å². The molecule has 3 rings (SSSR count). The van der Waals surface area contributed by atoms with Crippen molar-refractivity contribution >= 4 is 23.8 Å². The molecule has 34 heavy (non-hydrogen) atoms. The number of nitrogens with zero attached hydrogens (tertiary/aromatic N) is 2. The zero-order chi connectivity index (χ0) is 25.3. The molecule has 9 nitrogen and oxygen atoms in total. The molecule has 0 saturated carbocycles. The van der Waals surface area contributed by atoms with Crippen LogP contribution in [-0.4, -0.2) is 82.1 Å². The zero-order valence-electron chi connectivity index (χ0n) is 20.1. The third kappa shape index (κ3) is 4.90. The first kappa shape index (κ1) is 25.6. The molecule has 0 aliphatic carbocycles. The lowest BCUT2D eigenvalue weighted by Crippen LogP contribution is -2.65. The number of ether oxygens (including phenoxy) is 2. The fourth-order valence-corrected chi connectivity index (χ4v) is 5.29. The number of hydrogen-bond acceptors (Lipinski definition) is 8. The topological polar surface area (TPSA) is 113 Å². The summed E-state index contributed by atoms with van der Waals surface area (Å²) in [7, 11) is 0. The van der Waals surface area contributed by atoms with Crippen molar-refractivity contribution in [2.24, 2.45) is 0 Å². The summed E-state index contributed by atoms with van der Waals surface area (Å²) in [6.07, 6.45) is 2.15. The largest absolute Gasteiger partial charge is 0.459 e. The Morgan fingerprint density at radius 1 is 1.06 bits per heavy atom. The summed E-state index contributed by atoms with van der Waals surface area (Å²) >= 11 is 0. The van der Waals surface area contributed by atoms with Crippen molar-refractivity contribution in [1.82, 2.24) is 9.80 Å². The number of likely N-dealkylation sites (tertiary alicyclic amines) is 1. The molecule has 0 aromatic heterocycles. The number of rotatable bonds is 8. The molecule has 1 saturated heterocycles. The van der Waals surface area contributed by atoms with Gasteiger partial charge in [-0.1, -0.05) is 6.58 Å². The molecule has 9 heteroatoms. The summed E-state index contributed by atoms with van der Waals surface area (Å²) in [5.74, 6) is -2.10. The average molecular weight is 473 g/mol. The van der Waals surface area contributed by atoms with E-state index in [1.807, 2.05) is 0 Å². The number of amides is 2. The Bertz CT molecular complexity index is 997.